The average molecular weight is 282 g/mol. The van der Waals surface area contributed by atoms with Gasteiger partial charge in [0.2, 0.25) is 5.89 Å². The molecule has 0 radical (unpaired) electrons. The minimum absolute atomic E-state index is 0.0461. The number of aryl methyl sites for hydroxylation is 1. The maximum absolute atomic E-state index is 10.6. The monoisotopic (exact) mass is 281 g/mol. The molecule has 0 amide bonds. The van der Waals surface area contributed by atoms with E-state index in [1.807, 2.05) is 13.8 Å². The van der Waals surface area contributed by atoms with E-state index >= 15 is 0 Å². The summed E-state index contributed by atoms with van der Waals surface area (Å²) in [5, 5.41) is 14.0. The Hall–Kier alpha value is -2.08. The number of rotatable bonds is 4. The molecule has 7 heteroatoms. The number of anilines is 1. The highest BCUT2D eigenvalue weighted by Gasteiger charge is 2.14. The van der Waals surface area contributed by atoms with Crippen molar-refractivity contribution in [3.05, 3.63) is 51.2 Å². The van der Waals surface area contributed by atoms with E-state index in [2.05, 4.69) is 10.3 Å². The van der Waals surface area contributed by atoms with E-state index in [1.54, 1.807) is 12.3 Å². The van der Waals surface area contributed by atoms with Crippen LogP contribution < -0.4 is 5.32 Å². The molecule has 6 nitrogen and oxygen atoms in total. The molecule has 1 atom stereocenters. The Kier molecular flexibility index (Phi) is 3.71. The largest absolute Gasteiger partial charge is 0.444 e. The molecular formula is C12H12ClN3O3. The number of nitrogens with zero attached hydrogens (tertiary/aromatic N) is 2. The van der Waals surface area contributed by atoms with Crippen LogP contribution in [-0.4, -0.2) is 9.91 Å². The lowest BCUT2D eigenvalue weighted by Gasteiger charge is -2.13. The van der Waals surface area contributed by atoms with Crippen molar-refractivity contribution in [1.29, 1.82) is 0 Å². The Labute approximate surface area is 114 Å². The second-order valence-electron chi connectivity index (χ2n) is 4.10. The van der Waals surface area contributed by atoms with Gasteiger partial charge in [-0.2, -0.15) is 0 Å². The molecule has 0 fully saturated rings. The summed E-state index contributed by atoms with van der Waals surface area (Å²) in [6.07, 6.45) is 1.63. The first-order valence-corrected chi connectivity index (χ1v) is 5.98. The van der Waals surface area contributed by atoms with Gasteiger partial charge in [0, 0.05) is 12.1 Å². The fraction of sp³-hybridized carbons (Fsp3) is 0.250. The van der Waals surface area contributed by atoms with E-state index in [-0.39, 0.29) is 16.8 Å². The summed E-state index contributed by atoms with van der Waals surface area (Å²) in [6, 6.07) is 4.07. The minimum atomic E-state index is -0.490. The molecule has 1 heterocycles. The van der Waals surface area contributed by atoms with E-state index in [4.69, 9.17) is 16.0 Å². The maximum Gasteiger partial charge on any atom is 0.271 e. The summed E-state index contributed by atoms with van der Waals surface area (Å²) in [5.74, 6) is 1.25. The van der Waals surface area contributed by atoms with E-state index in [1.165, 1.54) is 12.1 Å². The molecule has 100 valence electrons. The topological polar surface area (TPSA) is 81.2 Å². The van der Waals surface area contributed by atoms with Crippen LogP contribution in [0.15, 0.2) is 28.8 Å². The summed E-state index contributed by atoms with van der Waals surface area (Å²) in [4.78, 5) is 14.2. The highest BCUT2D eigenvalue weighted by atomic mass is 35.5. The number of non-ortho nitro benzene ring substituents is 1. The Morgan fingerprint density at radius 2 is 2.26 bits per heavy atom. The van der Waals surface area contributed by atoms with Crippen LogP contribution in [0.3, 0.4) is 0 Å². The van der Waals surface area contributed by atoms with Crippen molar-refractivity contribution in [2.45, 2.75) is 19.9 Å². The van der Waals surface area contributed by atoms with Crippen molar-refractivity contribution in [1.82, 2.24) is 4.98 Å². The Morgan fingerprint density at radius 3 is 2.79 bits per heavy atom. The van der Waals surface area contributed by atoms with Crippen LogP contribution >= 0.6 is 11.6 Å². The zero-order valence-corrected chi connectivity index (χ0v) is 11.1. The van der Waals surface area contributed by atoms with Crippen molar-refractivity contribution >= 4 is 23.0 Å². The summed E-state index contributed by atoms with van der Waals surface area (Å²) >= 11 is 5.99. The maximum atomic E-state index is 10.6. The first-order chi connectivity index (χ1) is 8.97. The Morgan fingerprint density at radius 1 is 1.53 bits per heavy atom. The van der Waals surface area contributed by atoms with Crippen LogP contribution in [0.4, 0.5) is 11.4 Å². The standard InChI is InChI=1S/C12H12ClN3O3/c1-7-6-14-12(19-7)8(2)15-11-4-3-9(16(17)18)5-10(11)13/h3-6,8,15H,1-2H3. The molecule has 0 spiro atoms. The number of oxazole rings is 1. The first-order valence-electron chi connectivity index (χ1n) is 5.60. The third-order valence-corrected chi connectivity index (χ3v) is 2.86. The molecule has 1 aromatic heterocycles. The molecule has 0 saturated heterocycles. The van der Waals surface area contributed by atoms with Gasteiger partial charge in [0.15, 0.2) is 0 Å². The number of nitro groups is 1. The normalized spacial score (nSPS) is 12.2. The van der Waals surface area contributed by atoms with Crippen LogP contribution in [0.2, 0.25) is 5.02 Å². The summed E-state index contributed by atoms with van der Waals surface area (Å²) in [7, 11) is 0. The fourth-order valence-electron chi connectivity index (χ4n) is 1.60. The predicted molar refractivity (Wildman–Crippen MR) is 71.4 cm³/mol. The molecule has 1 aromatic carbocycles. The van der Waals surface area contributed by atoms with Gasteiger partial charge in [-0.15, -0.1) is 0 Å². The van der Waals surface area contributed by atoms with E-state index in [9.17, 15) is 10.1 Å². The van der Waals surface area contributed by atoms with Crippen molar-refractivity contribution in [3.63, 3.8) is 0 Å². The second-order valence-corrected chi connectivity index (χ2v) is 4.50. The number of halogens is 1. The van der Waals surface area contributed by atoms with Crippen LogP contribution in [0.1, 0.15) is 24.6 Å². The second kappa shape index (κ2) is 5.27. The summed E-state index contributed by atoms with van der Waals surface area (Å²) < 4.78 is 5.39. The predicted octanol–water partition coefficient (Wildman–Crippen LogP) is 3.72. The van der Waals surface area contributed by atoms with Crippen molar-refractivity contribution < 1.29 is 9.34 Å². The first kappa shape index (κ1) is 13.4. The van der Waals surface area contributed by atoms with Crippen molar-refractivity contribution in [2.24, 2.45) is 0 Å². The van der Waals surface area contributed by atoms with Gasteiger partial charge in [-0.3, -0.25) is 10.1 Å². The molecule has 0 aliphatic heterocycles. The van der Waals surface area contributed by atoms with Gasteiger partial charge in [0.05, 0.1) is 21.8 Å². The third-order valence-electron chi connectivity index (χ3n) is 2.55. The van der Waals surface area contributed by atoms with Gasteiger partial charge in [-0.05, 0) is 19.9 Å². The quantitative estimate of drug-likeness (QED) is 0.682. The number of nitrogens with one attached hydrogen (secondary N) is 1. The molecule has 2 aromatic rings. The molecule has 0 bridgehead atoms. The Bertz CT molecular complexity index is 612. The lowest BCUT2D eigenvalue weighted by Crippen LogP contribution is -2.07. The fourth-order valence-corrected chi connectivity index (χ4v) is 1.83. The number of hydrogen-bond acceptors (Lipinski definition) is 5. The van der Waals surface area contributed by atoms with Gasteiger partial charge >= 0.3 is 0 Å². The molecule has 0 aliphatic rings. The molecule has 1 N–H and O–H groups in total. The molecule has 0 aliphatic carbocycles. The minimum Gasteiger partial charge on any atom is -0.444 e. The molecule has 1 unspecified atom stereocenters. The van der Waals surface area contributed by atoms with Gasteiger partial charge in [-0.1, -0.05) is 11.6 Å². The lowest BCUT2D eigenvalue weighted by molar-refractivity contribution is -0.384. The summed E-state index contributed by atoms with van der Waals surface area (Å²) in [6.45, 7) is 3.67. The zero-order chi connectivity index (χ0) is 14.0. The molecule has 2 rings (SSSR count). The smallest absolute Gasteiger partial charge is 0.271 e. The average Bonchev–Trinajstić information content (AvgIpc) is 2.78. The summed E-state index contributed by atoms with van der Waals surface area (Å²) in [5.41, 5.74) is 0.547. The molecule has 0 saturated carbocycles. The van der Waals surface area contributed by atoms with Crippen LogP contribution in [0.25, 0.3) is 0 Å². The molecule has 19 heavy (non-hydrogen) atoms. The number of aromatic nitrogens is 1. The van der Waals surface area contributed by atoms with E-state index in [0.29, 0.717) is 11.6 Å². The van der Waals surface area contributed by atoms with Crippen LogP contribution in [0, 0.1) is 17.0 Å². The number of hydrogen-bond donors (Lipinski definition) is 1. The van der Waals surface area contributed by atoms with Gasteiger partial charge < -0.3 is 9.73 Å². The van der Waals surface area contributed by atoms with Gasteiger partial charge in [0.25, 0.3) is 5.69 Å². The van der Waals surface area contributed by atoms with E-state index in [0.717, 1.165) is 5.76 Å². The third kappa shape index (κ3) is 3.03. The Balaban J connectivity index is 2.17. The highest BCUT2D eigenvalue weighted by Crippen LogP contribution is 2.29. The zero-order valence-electron chi connectivity index (χ0n) is 10.4. The SMILES string of the molecule is Cc1cnc(C(C)Nc2ccc([N+](=O)[O-])cc2Cl)o1. The van der Waals surface area contributed by atoms with Crippen molar-refractivity contribution in [3.8, 4) is 0 Å². The molecular weight excluding hydrogens is 270 g/mol. The van der Waals surface area contributed by atoms with Crippen molar-refractivity contribution in [2.75, 3.05) is 5.32 Å². The van der Waals surface area contributed by atoms with Gasteiger partial charge in [-0.25, -0.2) is 4.98 Å². The lowest BCUT2D eigenvalue weighted by atomic mass is 10.2. The highest BCUT2D eigenvalue weighted by molar-refractivity contribution is 6.33. The van der Waals surface area contributed by atoms with E-state index < -0.39 is 4.92 Å². The number of benzene rings is 1. The van der Waals surface area contributed by atoms with Crippen LogP contribution in [-0.2, 0) is 0 Å². The van der Waals surface area contributed by atoms with Crippen LogP contribution in [0.5, 0.6) is 0 Å². The van der Waals surface area contributed by atoms with Gasteiger partial charge in [0.1, 0.15) is 11.8 Å². The number of nitro benzene ring substituents is 1.